The van der Waals surface area contributed by atoms with E-state index in [0.717, 1.165) is 62.1 Å². The maximum Gasteiger partial charge on any atom is 0.253 e. The van der Waals surface area contributed by atoms with Gasteiger partial charge in [-0.05, 0) is 99.7 Å². The van der Waals surface area contributed by atoms with Crippen LogP contribution in [0.15, 0.2) is 72.8 Å². The molecule has 4 aromatic rings. The van der Waals surface area contributed by atoms with Crippen LogP contribution < -0.4 is 0 Å². The summed E-state index contributed by atoms with van der Waals surface area (Å²) in [7, 11) is 0. The van der Waals surface area contributed by atoms with E-state index in [-0.39, 0.29) is 16.9 Å². The van der Waals surface area contributed by atoms with Crippen LogP contribution in [0.3, 0.4) is 0 Å². The molecule has 7 rings (SSSR count). The van der Waals surface area contributed by atoms with E-state index < -0.39 is 11.6 Å². The number of likely N-dealkylation sites (tertiary alicyclic amines) is 1. The second kappa shape index (κ2) is 10.9. The number of hydrogen-bond donors (Lipinski definition) is 0. The van der Waals surface area contributed by atoms with Gasteiger partial charge in [0.1, 0.15) is 5.82 Å². The Morgan fingerprint density at radius 1 is 0.881 bits per heavy atom. The molecule has 1 amide bonds. The molecule has 3 saturated heterocycles. The van der Waals surface area contributed by atoms with Crippen molar-refractivity contribution in [3.8, 4) is 0 Å². The first-order valence-corrected chi connectivity index (χ1v) is 15.4. The highest BCUT2D eigenvalue weighted by atomic mass is 19.2. The molecule has 0 saturated carbocycles. The number of benzene rings is 3. The van der Waals surface area contributed by atoms with E-state index in [2.05, 4.69) is 71.0 Å². The number of carbonyl (C=O) groups is 1. The van der Waals surface area contributed by atoms with Crippen molar-refractivity contribution in [1.29, 1.82) is 0 Å². The van der Waals surface area contributed by atoms with Crippen LogP contribution in [0.2, 0.25) is 0 Å². The molecule has 42 heavy (non-hydrogen) atoms. The fourth-order valence-electron chi connectivity index (χ4n) is 8.21. The number of aryl methyl sites for hydroxylation is 1. The lowest BCUT2D eigenvalue weighted by molar-refractivity contribution is 0.0606. The number of aromatic nitrogens is 2. The van der Waals surface area contributed by atoms with Crippen LogP contribution in [0.1, 0.15) is 72.7 Å². The zero-order valence-electron chi connectivity index (χ0n) is 24.2. The van der Waals surface area contributed by atoms with Gasteiger partial charge in [-0.15, -0.1) is 0 Å². The van der Waals surface area contributed by atoms with E-state index >= 15 is 0 Å². The van der Waals surface area contributed by atoms with Gasteiger partial charge in [0, 0.05) is 36.8 Å². The standard InChI is InChI=1S/C35H38F2N4O/c1-24-38-32-9-5-6-10-33(32)41(24)29-22-27-12-13-28(23-29)40(27)20-17-35(26-7-3-2-4-8-26)15-18-39(19-16-35)34(42)25-11-14-30(36)31(37)21-25/h2-11,14,21,27-29H,12-13,15-20,22-23H2,1H3/t27-,28+,29?. The third kappa shape index (κ3) is 4.81. The Bertz CT molecular complexity index is 1580. The Morgan fingerprint density at radius 3 is 2.29 bits per heavy atom. The minimum atomic E-state index is -0.980. The van der Waals surface area contributed by atoms with E-state index in [0.29, 0.717) is 31.2 Å². The quantitative estimate of drug-likeness (QED) is 0.250. The average Bonchev–Trinajstić information content (AvgIpc) is 3.48. The lowest BCUT2D eigenvalue weighted by atomic mass is 9.70. The van der Waals surface area contributed by atoms with Gasteiger partial charge in [-0.2, -0.15) is 0 Å². The van der Waals surface area contributed by atoms with Gasteiger partial charge in [-0.3, -0.25) is 9.69 Å². The summed E-state index contributed by atoms with van der Waals surface area (Å²) in [4.78, 5) is 22.6. The van der Waals surface area contributed by atoms with Crippen molar-refractivity contribution < 1.29 is 13.6 Å². The number of para-hydroxylation sites is 2. The Balaban J connectivity index is 1.06. The molecule has 3 aliphatic heterocycles. The maximum atomic E-state index is 13.8. The topological polar surface area (TPSA) is 41.4 Å². The van der Waals surface area contributed by atoms with Crippen molar-refractivity contribution in [1.82, 2.24) is 19.4 Å². The van der Waals surface area contributed by atoms with Gasteiger partial charge in [0.05, 0.1) is 11.0 Å². The number of nitrogens with zero attached hydrogens (tertiary/aromatic N) is 4. The molecule has 2 bridgehead atoms. The molecule has 7 heteroatoms. The number of imidazole rings is 1. The summed E-state index contributed by atoms with van der Waals surface area (Å²) in [5, 5.41) is 0. The minimum absolute atomic E-state index is 0.0144. The number of rotatable bonds is 6. The van der Waals surface area contributed by atoms with Crippen LogP contribution in [0.25, 0.3) is 11.0 Å². The van der Waals surface area contributed by atoms with Crippen molar-refractivity contribution in [2.24, 2.45) is 0 Å². The predicted octanol–water partition coefficient (Wildman–Crippen LogP) is 7.06. The molecule has 3 aliphatic rings. The fraction of sp³-hybridized carbons (Fsp3) is 0.429. The first-order valence-electron chi connectivity index (χ1n) is 15.4. The third-order valence-corrected chi connectivity index (χ3v) is 10.4. The number of amides is 1. The lowest BCUT2D eigenvalue weighted by Gasteiger charge is -2.45. The molecule has 3 fully saturated rings. The van der Waals surface area contributed by atoms with Gasteiger partial charge in [0.25, 0.3) is 5.91 Å². The normalized spacial score (nSPS) is 23.9. The van der Waals surface area contributed by atoms with Gasteiger partial charge in [0.15, 0.2) is 11.6 Å². The summed E-state index contributed by atoms with van der Waals surface area (Å²) in [6, 6.07) is 24.3. The molecule has 0 radical (unpaired) electrons. The summed E-state index contributed by atoms with van der Waals surface area (Å²) in [5.41, 5.74) is 3.87. The summed E-state index contributed by atoms with van der Waals surface area (Å²) in [6.07, 6.45) is 7.59. The molecule has 3 aromatic carbocycles. The summed E-state index contributed by atoms with van der Waals surface area (Å²) in [6.45, 7) is 4.41. The van der Waals surface area contributed by atoms with Crippen LogP contribution in [0, 0.1) is 18.6 Å². The Hall–Kier alpha value is -3.58. The minimum Gasteiger partial charge on any atom is -0.339 e. The fourth-order valence-corrected chi connectivity index (χ4v) is 8.21. The highest BCUT2D eigenvalue weighted by Gasteiger charge is 2.44. The molecule has 0 N–H and O–H groups in total. The highest BCUT2D eigenvalue weighted by molar-refractivity contribution is 5.94. The number of halogens is 2. The average molecular weight is 569 g/mol. The zero-order chi connectivity index (χ0) is 28.8. The van der Waals surface area contributed by atoms with Crippen molar-refractivity contribution >= 4 is 16.9 Å². The highest BCUT2D eigenvalue weighted by Crippen LogP contribution is 2.45. The van der Waals surface area contributed by atoms with E-state index in [1.165, 1.54) is 30.0 Å². The van der Waals surface area contributed by atoms with Gasteiger partial charge in [-0.1, -0.05) is 42.5 Å². The van der Waals surface area contributed by atoms with Crippen molar-refractivity contribution in [2.45, 2.75) is 75.4 Å². The predicted molar refractivity (Wildman–Crippen MR) is 160 cm³/mol. The molecule has 0 aliphatic carbocycles. The largest absolute Gasteiger partial charge is 0.339 e. The number of fused-ring (bicyclic) bond motifs is 3. The zero-order valence-corrected chi connectivity index (χ0v) is 24.2. The number of hydrogen-bond acceptors (Lipinski definition) is 3. The van der Waals surface area contributed by atoms with Crippen LogP contribution in [0.4, 0.5) is 8.78 Å². The molecular formula is C35H38F2N4O. The van der Waals surface area contributed by atoms with Crippen molar-refractivity contribution in [2.75, 3.05) is 19.6 Å². The first kappa shape index (κ1) is 27.3. The molecule has 3 atom stereocenters. The second-order valence-electron chi connectivity index (χ2n) is 12.6. The third-order valence-electron chi connectivity index (χ3n) is 10.4. The number of carbonyl (C=O) groups excluding carboxylic acids is 1. The Morgan fingerprint density at radius 2 is 1.57 bits per heavy atom. The molecule has 5 nitrogen and oxygen atoms in total. The molecule has 0 spiro atoms. The van der Waals surface area contributed by atoms with Crippen LogP contribution in [-0.2, 0) is 5.41 Å². The van der Waals surface area contributed by atoms with Crippen LogP contribution in [-0.4, -0.2) is 57.0 Å². The van der Waals surface area contributed by atoms with E-state index in [9.17, 15) is 13.6 Å². The molecule has 218 valence electrons. The van der Waals surface area contributed by atoms with Crippen molar-refractivity contribution in [3.63, 3.8) is 0 Å². The van der Waals surface area contributed by atoms with E-state index in [1.807, 2.05) is 0 Å². The van der Waals surface area contributed by atoms with E-state index in [1.54, 1.807) is 4.90 Å². The molecule has 1 unspecified atom stereocenters. The van der Waals surface area contributed by atoms with Gasteiger partial charge < -0.3 is 9.47 Å². The molecule has 1 aromatic heterocycles. The van der Waals surface area contributed by atoms with Gasteiger partial charge in [-0.25, -0.2) is 13.8 Å². The maximum absolute atomic E-state index is 13.8. The summed E-state index contributed by atoms with van der Waals surface area (Å²) >= 11 is 0. The Labute approximate surface area is 246 Å². The number of piperidine rings is 2. The van der Waals surface area contributed by atoms with Gasteiger partial charge in [0.2, 0.25) is 0 Å². The molecule has 4 heterocycles. The Kier molecular flexibility index (Phi) is 7.09. The SMILES string of the molecule is Cc1nc2ccccc2n1C1C[C@H]2CC[C@@H](C1)N2CCC1(c2ccccc2)CCN(C(=O)c2ccc(F)c(F)c2)CC1. The second-order valence-corrected chi connectivity index (χ2v) is 12.6. The summed E-state index contributed by atoms with van der Waals surface area (Å²) < 4.78 is 29.8. The van der Waals surface area contributed by atoms with Gasteiger partial charge >= 0.3 is 0 Å². The van der Waals surface area contributed by atoms with Crippen LogP contribution in [0.5, 0.6) is 0 Å². The smallest absolute Gasteiger partial charge is 0.253 e. The van der Waals surface area contributed by atoms with Crippen LogP contribution >= 0.6 is 0 Å². The van der Waals surface area contributed by atoms with Crippen molar-refractivity contribution in [3.05, 3.63) is 101 Å². The van der Waals surface area contributed by atoms with E-state index in [4.69, 9.17) is 4.98 Å². The lowest BCUT2D eigenvalue weighted by Crippen LogP contribution is -2.49. The molecular weight excluding hydrogens is 530 g/mol. The first-order chi connectivity index (χ1) is 20.4. The monoisotopic (exact) mass is 568 g/mol. The summed E-state index contributed by atoms with van der Waals surface area (Å²) in [5.74, 6) is -1.02.